The zero-order chi connectivity index (χ0) is 16.8. The molecular formula is C25H25Cl2Zr. The number of allylic oxidation sites excluding steroid dienone is 3. The Bertz CT molecular complexity index is 884. The number of benzene rings is 2. The third-order valence-corrected chi connectivity index (χ3v) is 6.49. The fourth-order valence-electron chi connectivity index (χ4n) is 5.04. The molecule has 0 saturated carbocycles. The van der Waals surface area contributed by atoms with Crippen molar-refractivity contribution in [3.63, 3.8) is 0 Å². The van der Waals surface area contributed by atoms with Crippen molar-refractivity contribution in [2.75, 3.05) is 0 Å². The SMILES string of the molecule is CCC([CH-]C1C=Cc2ccccc21)CC1C2=C(CC2)c2ccccc21.[Cl-].[Cl-].[Zr+3]. The van der Waals surface area contributed by atoms with E-state index in [0.29, 0.717) is 17.8 Å². The Kier molecular flexibility index (Phi) is 8.39. The van der Waals surface area contributed by atoms with Gasteiger partial charge in [-0.25, -0.2) is 0 Å². The Morgan fingerprint density at radius 2 is 1.68 bits per heavy atom. The van der Waals surface area contributed by atoms with Crippen LogP contribution in [0.4, 0.5) is 0 Å². The molecule has 2 aromatic rings. The summed E-state index contributed by atoms with van der Waals surface area (Å²) in [4.78, 5) is 0. The normalized spacial score (nSPS) is 21.3. The Hall–Kier alpha value is -0.617. The maximum absolute atomic E-state index is 2.61. The molecule has 3 aliphatic carbocycles. The Morgan fingerprint density at radius 3 is 2.39 bits per heavy atom. The van der Waals surface area contributed by atoms with E-state index in [1.165, 1.54) is 36.8 Å². The molecule has 0 amide bonds. The van der Waals surface area contributed by atoms with Gasteiger partial charge in [0.05, 0.1) is 0 Å². The van der Waals surface area contributed by atoms with E-state index >= 15 is 0 Å². The molecule has 5 rings (SSSR count). The van der Waals surface area contributed by atoms with Crippen LogP contribution < -0.4 is 24.8 Å². The smallest absolute Gasteiger partial charge is 1.00 e. The first kappa shape index (κ1) is 23.7. The number of hydrogen-bond acceptors (Lipinski definition) is 0. The quantitative estimate of drug-likeness (QED) is 0.547. The Balaban J connectivity index is 0.000000934. The van der Waals surface area contributed by atoms with Gasteiger partial charge >= 0.3 is 26.2 Å². The predicted octanol–water partition coefficient (Wildman–Crippen LogP) is 0.768. The van der Waals surface area contributed by atoms with Crippen molar-refractivity contribution in [1.82, 2.24) is 0 Å². The van der Waals surface area contributed by atoms with Gasteiger partial charge in [-0.05, 0) is 35.1 Å². The molecule has 0 spiro atoms. The molecule has 1 radical (unpaired) electrons. The predicted molar refractivity (Wildman–Crippen MR) is 106 cm³/mol. The molecule has 0 N–H and O–H groups in total. The number of fused-ring (bicyclic) bond motifs is 3. The van der Waals surface area contributed by atoms with Crippen LogP contribution in [0.5, 0.6) is 0 Å². The minimum Gasteiger partial charge on any atom is -1.00 e. The van der Waals surface area contributed by atoms with Crippen LogP contribution in [-0.2, 0) is 26.2 Å². The van der Waals surface area contributed by atoms with E-state index in [0.717, 1.165) is 0 Å². The first-order chi connectivity index (χ1) is 12.3. The molecule has 28 heavy (non-hydrogen) atoms. The number of hydrogen-bond donors (Lipinski definition) is 0. The third kappa shape index (κ3) is 4.01. The van der Waals surface area contributed by atoms with Crippen LogP contribution in [0.15, 0.2) is 60.2 Å². The average molecular weight is 488 g/mol. The molecular weight excluding hydrogens is 462 g/mol. The minimum atomic E-state index is 0. The zero-order valence-electron chi connectivity index (χ0n) is 16.2. The van der Waals surface area contributed by atoms with Gasteiger partial charge in [-0.2, -0.15) is 5.92 Å². The zero-order valence-corrected chi connectivity index (χ0v) is 20.1. The first-order valence-corrected chi connectivity index (χ1v) is 9.78. The van der Waals surface area contributed by atoms with E-state index in [1.54, 1.807) is 22.3 Å². The fourth-order valence-corrected chi connectivity index (χ4v) is 5.04. The second kappa shape index (κ2) is 9.93. The van der Waals surface area contributed by atoms with Gasteiger partial charge in [0.25, 0.3) is 0 Å². The van der Waals surface area contributed by atoms with Gasteiger partial charge < -0.3 is 31.2 Å². The summed E-state index contributed by atoms with van der Waals surface area (Å²) in [6, 6.07) is 18.0. The van der Waals surface area contributed by atoms with Crippen LogP contribution in [0, 0.1) is 12.3 Å². The third-order valence-electron chi connectivity index (χ3n) is 6.49. The molecule has 3 heteroatoms. The topological polar surface area (TPSA) is 0 Å². The molecule has 3 aliphatic rings. The van der Waals surface area contributed by atoms with E-state index in [-0.39, 0.29) is 51.0 Å². The van der Waals surface area contributed by atoms with Crippen molar-refractivity contribution >= 4 is 11.6 Å². The monoisotopic (exact) mass is 485 g/mol. The second-order valence-corrected chi connectivity index (χ2v) is 7.75. The summed E-state index contributed by atoms with van der Waals surface area (Å²) in [6.07, 6.45) is 12.4. The minimum absolute atomic E-state index is 0. The average Bonchev–Trinajstić information content (AvgIpc) is 3.11. The molecule has 0 aromatic heterocycles. The summed E-state index contributed by atoms with van der Waals surface area (Å²) in [7, 11) is 0. The van der Waals surface area contributed by atoms with Gasteiger partial charge in [0.1, 0.15) is 0 Å². The summed E-state index contributed by atoms with van der Waals surface area (Å²) < 4.78 is 0. The molecule has 0 saturated heterocycles. The van der Waals surface area contributed by atoms with Crippen LogP contribution in [-0.4, -0.2) is 0 Å². The van der Waals surface area contributed by atoms with Crippen LogP contribution in [0.1, 0.15) is 66.7 Å². The largest absolute Gasteiger partial charge is 3.00 e. The fraction of sp³-hybridized carbons (Fsp3) is 0.320. The van der Waals surface area contributed by atoms with Gasteiger partial charge in [0.2, 0.25) is 0 Å². The maximum atomic E-state index is 2.61. The maximum Gasteiger partial charge on any atom is 3.00 e. The standard InChI is InChI=1S/C25H25.2ClH.Zr/c1-2-17(15-19-12-11-18-7-3-4-8-20(18)19)16-25-22-10-6-5-9-21(22)23-13-14-24(23)25;;;/h3-12,15,17,19,25H,2,13-14,16H2,1H3;2*1H;/q-1;;;+3/p-2. The first-order valence-electron chi connectivity index (χ1n) is 9.78. The molecule has 0 heterocycles. The van der Waals surface area contributed by atoms with E-state index in [1.807, 2.05) is 0 Å². The van der Waals surface area contributed by atoms with Gasteiger partial charge in [-0.3, -0.25) is 0 Å². The van der Waals surface area contributed by atoms with Gasteiger partial charge in [0, 0.05) is 5.92 Å². The molecule has 3 unspecified atom stereocenters. The molecule has 143 valence electrons. The number of rotatable bonds is 5. The van der Waals surface area contributed by atoms with Gasteiger partial charge in [-0.15, -0.1) is 12.0 Å². The van der Waals surface area contributed by atoms with Crippen LogP contribution in [0.25, 0.3) is 11.6 Å². The van der Waals surface area contributed by atoms with Crippen LogP contribution in [0.3, 0.4) is 0 Å². The summed E-state index contributed by atoms with van der Waals surface area (Å²) in [5.41, 5.74) is 9.44. The van der Waals surface area contributed by atoms with E-state index in [2.05, 4.69) is 74.0 Å². The van der Waals surface area contributed by atoms with Crippen molar-refractivity contribution in [3.05, 3.63) is 88.9 Å². The molecule has 0 bridgehead atoms. The van der Waals surface area contributed by atoms with E-state index in [9.17, 15) is 0 Å². The van der Waals surface area contributed by atoms with Crippen molar-refractivity contribution in [2.24, 2.45) is 5.92 Å². The molecule has 2 aromatic carbocycles. The second-order valence-electron chi connectivity index (χ2n) is 7.75. The summed E-state index contributed by atoms with van der Waals surface area (Å²) in [5, 5.41) is 0. The van der Waals surface area contributed by atoms with Crippen molar-refractivity contribution in [2.45, 2.75) is 44.4 Å². The molecule has 0 aliphatic heterocycles. The molecule has 3 atom stereocenters. The summed E-state index contributed by atoms with van der Waals surface area (Å²) in [6.45, 7) is 2.35. The van der Waals surface area contributed by atoms with Crippen molar-refractivity contribution < 1.29 is 51.0 Å². The molecule has 0 fully saturated rings. The van der Waals surface area contributed by atoms with Gasteiger partial charge in [-0.1, -0.05) is 85.5 Å². The van der Waals surface area contributed by atoms with Crippen LogP contribution in [0.2, 0.25) is 0 Å². The Labute approximate surface area is 200 Å². The summed E-state index contributed by atoms with van der Waals surface area (Å²) >= 11 is 0. The van der Waals surface area contributed by atoms with Crippen molar-refractivity contribution in [3.8, 4) is 0 Å². The van der Waals surface area contributed by atoms with E-state index < -0.39 is 0 Å². The number of halogens is 2. The Morgan fingerprint density at radius 1 is 0.964 bits per heavy atom. The summed E-state index contributed by atoms with van der Waals surface area (Å²) in [5.74, 6) is 1.83. The van der Waals surface area contributed by atoms with Crippen molar-refractivity contribution in [1.29, 1.82) is 0 Å². The molecule has 0 nitrogen and oxygen atoms in total. The van der Waals surface area contributed by atoms with Gasteiger partial charge in [0.15, 0.2) is 0 Å². The van der Waals surface area contributed by atoms with Crippen LogP contribution >= 0.6 is 0 Å². The van der Waals surface area contributed by atoms with E-state index in [4.69, 9.17) is 0 Å².